The topological polar surface area (TPSA) is 95.9 Å². The van der Waals surface area contributed by atoms with E-state index < -0.39 is 21.8 Å². The fourth-order valence-corrected chi connectivity index (χ4v) is 7.32. The first-order valence-corrected chi connectivity index (χ1v) is 18.8. The molecule has 0 spiro atoms. The zero-order chi connectivity index (χ0) is 36.3. The maximum atomic E-state index is 13.9. The second-order valence-corrected chi connectivity index (χ2v) is 14.8. The molecule has 0 saturated heterocycles. The molecule has 0 aliphatic rings. The lowest BCUT2D eigenvalue weighted by Gasteiger charge is -2.25. The van der Waals surface area contributed by atoms with Crippen LogP contribution >= 0.6 is 11.6 Å². The first-order chi connectivity index (χ1) is 25.2. The van der Waals surface area contributed by atoms with Crippen LogP contribution in [0.3, 0.4) is 0 Å². The Morgan fingerprint density at radius 3 is 2.02 bits per heavy atom. The van der Waals surface area contributed by atoms with Crippen molar-refractivity contribution in [1.29, 1.82) is 0 Å². The number of carbonyl (C=O) groups is 1. The van der Waals surface area contributed by atoms with Gasteiger partial charge < -0.3 is 15.2 Å². The lowest BCUT2D eigenvalue weighted by Crippen LogP contribution is -2.30. The molecule has 0 aromatic heterocycles. The first kappa shape index (κ1) is 36.5. The van der Waals surface area contributed by atoms with E-state index in [0.717, 1.165) is 22.3 Å². The minimum absolute atomic E-state index is 0.0189. The molecule has 0 aliphatic heterocycles. The molecule has 2 N–H and O–H groups in total. The number of para-hydroxylation sites is 1. The van der Waals surface area contributed by atoms with Gasteiger partial charge >= 0.3 is 0 Å². The second kappa shape index (κ2) is 17.3. The summed E-state index contributed by atoms with van der Waals surface area (Å²) >= 11 is 6.18. The molecule has 7 nitrogen and oxygen atoms in total. The normalized spacial score (nSPS) is 12.0. The predicted octanol–water partition coefficient (Wildman–Crippen LogP) is 8.78. The van der Waals surface area contributed by atoms with Crippen LogP contribution in [0.1, 0.15) is 38.7 Å². The highest BCUT2D eigenvalue weighted by molar-refractivity contribution is 7.91. The summed E-state index contributed by atoms with van der Waals surface area (Å²) in [4.78, 5) is 15.8. The summed E-state index contributed by atoms with van der Waals surface area (Å²) in [6.07, 6.45) is -0.100. The molecule has 6 rings (SSSR count). The highest BCUT2D eigenvalue weighted by atomic mass is 35.5. The van der Waals surface area contributed by atoms with Crippen LogP contribution in [0.25, 0.3) is 0 Å². The third-order valence-corrected chi connectivity index (χ3v) is 10.6. The van der Waals surface area contributed by atoms with Crippen molar-refractivity contribution in [2.75, 3.05) is 18.4 Å². The zero-order valence-electron chi connectivity index (χ0n) is 28.4. The molecule has 0 bridgehead atoms. The summed E-state index contributed by atoms with van der Waals surface area (Å²) < 4.78 is 33.8. The lowest BCUT2D eigenvalue weighted by molar-refractivity contribution is 0.102. The Kier molecular flexibility index (Phi) is 12.2. The van der Waals surface area contributed by atoms with Gasteiger partial charge in [0.25, 0.3) is 5.91 Å². The number of carbonyl (C=O) groups excluding carboxylic acids is 1. The standard InChI is InChI=1S/C43H39ClN2O5S/c44-36-16-10-15-35(27-36)41(47)30-46(29-33-11-4-1-5-12-33)26-25-32-19-21-38(22-20-32)52(49,50)39-23-24-42(51-31-34-13-6-2-7-14-34)40(28-39)43(48)45-37-17-8-3-9-18-37/h1-24,27-28,41,47H,25-26,29-31H2,(H,45,48)/t41-/m0/s1. The highest BCUT2D eigenvalue weighted by Gasteiger charge is 2.23. The third-order valence-electron chi connectivity index (χ3n) is 8.64. The van der Waals surface area contributed by atoms with Gasteiger partial charge in [-0.1, -0.05) is 115 Å². The van der Waals surface area contributed by atoms with Crippen LogP contribution in [0.5, 0.6) is 5.75 Å². The van der Waals surface area contributed by atoms with Gasteiger partial charge in [-0.15, -0.1) is 0 Å². The van der Waals surface area contributed by atoms with Gasteiger partial charge in [0.1, 0.15) is 12.4 Å². The molecule has 1 atom stereocenters. The minimum atomic E-state index is -3.98. The summed E-state index contributed by atoms with van der Waals surface area (Å²) in [6.45, 7) is 1.87. The molecule has 52 heavy (non-hydrogen) atoms. The largest absolute Gasteiger partial charge is 0.488 e. The Bertz CT molecular complexity index is 2180. The second-order valence-electron chi connectivity index (χ2n) is 12.4. The number of hydrogen-bond donors (Lipinski definition) is 2. The van der Waals surface area contributed by atoms with Crippen LogP contribution in [0.4, 0.5) is 5.69 Å². The van der Waals surface area contributed by atoms with Crippen molar-refractivity contribution in [2.45, 2.75) is 35.5 Å². The van der Waals surface area contributed by atoms with Crippen LogP contribution in [0.15, 0.2) is 168 Å². The number of hydrogen-bond acceptors (Lipinski definition) is 6. The number of benzene rings is 6. The number of rotatable bonds is 15. The van der Waals surface area contributed by atoms with Gasteiger partial charge in [0, 0.05) is 30.3 Å². The molecule has 1 amide bonds. The third kappa shape index (κ3) is 9.75. The SMILES string of the molecule is O=C(Nc1ccccc1)c1cc(S(=O)(=O)c2ccc(CCN(Cc3ccccc3)C[C@H](O)c3cccc(Cl)c3)cc2)ccc1OCc1ccccc1. The number of aliphatic hydroxyl groups excluding tert-OH is 1. The number of aliphatic hydroxyl groups is 1. The summed E-state index contributed by atoms with van der Waals surface area (Å²) in [7, 11) is -3.98. The van der Waals surface area contributed by atoms with Crippen LogP contribution in [-0.2, 0) is 29.4 Å². The smallest absolute Gasteiger partial charge is 0.259 e. The number of ether oxygens (including phenoxy) is 1. The molecule has 0 radical (unpaired) electrons. The van der Waals surface area contributed by atoms with E-state index >= 15 is 0 Å². The maximum absolute atomic E-state index is 13.9. The molecule has 0 heterocycles. The van der Waals surface area contributed by atoms with Crippen LogP contribution in [-0.4, -0.2) is 37.4 Å². The monoisotopic (exact) mass is 730 g/mol. The number of nitrogens with zero attached hydrogens (tertiary/aromatic N) is 1. The van der Waals surface area contributed by atoms with Crippen molar-refractivity contribution in [3.63, 3.8) is 0 Å². The van der Waals surface area contributed by atoms with E-state index in [1.54, 1.807) is 60.7 Å². The van der Waals surface area contributed by atoms with Gasteiger partial charge in [-0.25, -0.2) is 8.42 Å². The Morgan fingerprint density at radius 1 is 0.712 bits per heavy atom. The average Bonchev–Trinajstić information content (AvgIpc) is 3.17. The van der Waals surface area contributed by atoms with Crippen LogP contribution in [0, 0.1) is 0 Å². The van der Waals surface area contributed by atoms with Crippen molar-refractivity contribution in [3.05, 3.63) is 191 Å². The van der Waals surface area contributed by atoms with Crippen LogP contribution < -0.4 is 10.1 Å². The first-order valence-electron chi connectivity index (χ1n) is 17.0. The van der Waals surface area contributed by atoms with Gasteiger partial charge in [-0.3, -0.25) is 9.69 Å². The zero-order valence-corrected chi connectivity index (χ0v) is 30.0. The van der Waals surface area contributed by atoms with Crippen molar-refractivity contribution in [3.8, 4) is 5.75 Å². The number of amides is 1. The Morgan fingerprint density at radius 2 is 1.35 bits per heavy atom. The molecule has 0 aliphatic carbocycles. The summed E-state index contributed by atoms with van der Waals surface area (Å²) in [5, 5.41) is 14.5. The van der Waals surface area contributed by atoms with E-state index in [2.05, 4.69) is 22.3 Å². The van der Waals surface area contributed by atoms with E-state index in [-0.39, 0.29) is 27.7 Å². The van der Waals surface area contributed by atoms with Crippen molar-refractivity contribution in [1.82, 2.24) is 4.90 Å². The minimum Gasteiger partial charge on any atom is -0.488 e. The highest BCUT2D eigenvalue weighted by Crippen LogP contribution is 2.29. The summed E-state index contributed by atoms with van der Waals surface area (Å²) in [5.74, 6) is -0.214. The van der Waals surface area contributed by atoms with Crippen molar-refractivity contribution in [2.24, 2.45) is 0 Å². The Balaban J connectivity index is 1.19. The van der Waals surface area contributed by atoms with E-state index in [0.29, 0.717) is 36.8 Å². The van der Waals surface area contributed by atoms with E-state index in [1.807, 2.05) is 66.7 Å². The summed E-state index contributed by atoms with van der Waals surface area (Å²) in [5.41, 5.74) is 4.41. The van der Waals surface area contributed by atoms with Gasteiger partial charge in [0.15, 0.2) is 0 Å². The fourth-order valence-electron chi connectivity index (χ4n) is 5.83. The van der Waals surface area contributed by atoms with Gasteiger partial charge in [0.2, 0.25) is 9.84 Å². The molecule has 0 unspecified atom stereocenters. The van der Waals surface area contributed by atoms with Gasteiger partial charge in [-0.2, -0.15) is 0 Å². The number of sulfone groups is 1. The Labute approximate surface area is 310 Å². The van der Waals surface area contributed by atoms with Gasteiger partial charge in [0.05, 0.1) is 21.5 Å². The van der Waals surface area contributed by atoms with Crippen molar-refractivity contribution < 1.29 is 23.1 Å². The number of halogens is 1. The molecule has 6 aromatic rings. The number of anilines is 1. The predicted molar refractivity (Wildman–Crippen MR) is 205 cm³/mol. The molecule has 6 aromatic carbocycles. The number of nitrogens with one attached hydrogen (secondary N) is 1. The molecular formula is C43H39ClN2O5S. The lowest BCUT2D eigenvalue weighted by atomic mass is 10.1. The summed E-state index contributed by atoms with van der Waals surface area (Å²) in [6, 6.07) is 47.0. The average molecular weight is 731 g/mol. The van der Waals surface area contributed by atoms with Gasteiger partial charge in [-0.05, 0) is 83.3 Å². The molecule has 0 saturated carbocycles. The van der Waals surface area contributed by atoms with E-state index in [4.69, 9.17) is 16.3 Å². The quantitative estimate of drug-likeness (QED) is 0.110. The maximum Gasteiger partial charge on any atom is 0.259 e. The van der Waals surface area contributed by atoms with Crippen molar-refractivity contribution >= 4 is 33.0 Å². The Hall–Kier alpha value is -5.25. The molecular weight excluding hydrogens is 692 g/mol. The van der Waals surface area contributed by atoms with E-state index in [9.17, 15) is 18.3 Å². The molecule has 264 valence electrons. The fraction of sp³-hybridized carbons (Fsp3) is 0.140. The molecule has 9 heteroatoms. The van der Waals surface area contributed by atoms with E-state index in [1.165, 1.54) is 18.2 Å². The molecule has 0 fully saturated rings. The van der Waals surface area contributed by atoms with Crippen LogP contribution in [0.2, 0.25) is 5.02 Å².